The fourth-order valence-electron chi connectivity index (χ4n) is 8.20. The number of rotatable bonds is 10. The largest absolute Gasteiger partial charge is 0.482 e. The van der Waals surface area contributed by atoms with E-state index in [0.717, 1.165) is 11.1 Å². The molecule has 11 heteroatoms. The molecule has 1 fully saturated rings. The third kappa shape index (κ3) is 6.23. The first-order valence-corrected chi connectivity index (χ1v) is 20.3. The van der Waals surface area contributed by atoms with E-state index in [9.17, 15) is 19.5 Å². The van der Waals surface area contributed by atoms with E-state index in [4.69, 9.17) is 9.47 Å². The minimum Gasteiger partial charge on any atom is -0.482 e. The molecule has 1 N–H and O–H groups in total. The minimum atomic E-state index is -3.59. The van der Waals surface area contributed by atoms with Gasteiger partial charge in [0, 0.05) is 35.8 Å². The molecular weight excluding hydrogens is 666 g/mol. The Morgan fingerprint density at radius 2 is 1.61 bits per heavy atom. The number of nitrogens with zero attached hydrogens (tertiary/aromatic N) is 3. The van der Waals surface area contributed by atoms with Gasteiger partial charge in [-0.15, -0.1) is 0 Å². The standard InChI is InChI=1S/C40H42FN3O6Si/c1-27-38(51(2,3)41)35(23-36(46)42(20-21-45)24-28-12-6-4-7-13-28)50-40(27)31-22-30(44-33-16-10-11-17-34(33)49-26-37(44)47)18-19-32(31)43(39(40)48)25-29-14-8-5-9-15-29/h4-19,22,27,35,38,45H,20-21,23-26H2,1-3H3/t27-,35+,38-,40+/m0/s1. The quantitative estimate of drug-likeness (QED) is 0.150. The van der Waals surface area contributed by atoms with Gasteiger partial charge in [0.15, 0.2) is 12.2 Å². The number of anilines is 3. The van der Waals surface area contributed by atoms with Gasteiger partial charge in [-0.1, -0.05) is 79.7 Å². The van der Waals surface area contributed by atoms with E-state index in [2.05, 4.69) is 0 Å². The summed E-state index contributed by atoms with van der Waals surface area (Å²) in [4.78, 5) is 47.2. The van der Waals surface area contributed by atoms with Gasteiger partial charge in [-0.3, -0.25) is 19.3 Å². The second-order valence-corrected chi connectivity index (χ2v) is 17.9. The number of halogens is 1. The van der Waals surface area contributed by atoms with Gasteiger partial charge in [0.05, 0.1) is 37.1 Å². The summed E-state index contributed by atoms with van der Waals surface area (Å²) in [5.41, 5.74) is 1.75. The lowest BCUT2D eigenvalue weighted by Crippen LogP contribution is -2.45. The van der Waals surface area contributed by atoms with Gasteiger partial charge < -0.3 is 28.5 Å². The zero-order chi connectivity index (χ0) is 35.9. The summed E-state index contributed by atoms with van der Waals surface area (Å²) in [6.07, 6.45) is -1.06. The van der Waals surface area contributed by atoms with Crippen molar-refractivity contribution in [2.75, 3.05) is 29.6 Å². The molecule has 3 aliphatic rings. The van der Waals surface area contributed by atoms with Crippen LogP contribution in [0.25, 0.3) is 0 Å². The Morgan fingerprint density at radius 3 is 2.29 bits per heavy atom. The molecule has 0 aromatic heterocycles. The smallest absolute Gasteiger partial charge is 0.269 e. The van der Waals surface area contributed by atoms with Gasteiger partial charge in [0.2, 0.25) is 14.3 Å². The third-order valence-electron chi connectivity index (χ3n) is 10.4. The number of para-hydroxylation sites is 2. The predicted octanol–water partition coefficient (Wildman–Crippen LogP) is 6.48. The van der Waals surface area contributed by atoms with Crippen LogP contribution in [0.15, 0.2) is 103 Å². The number of carbonyl (C=O) groups excluding carboxylic acids is 3. The highest BCUT2D eigenvalue weighted by molar-refractivity contribution is 6.72. The first kappa shape index (κ1) is 34.6. The van der Waals surface area contributed by atoms with E-state index in [1.54, 1.807) is 39.9 Å². The Morgan fingerprint density at radius 1 is 0.941 bits per heavy atom. The third-order valence-corrected chi connectivity index (χ3v) is 12.9. The summed E-state index contributed by atoms with van der Waals surface area (Å²) in [5, 5.41) is 9.86. The normalized spacial score (nSPS) is 22.6. The molecule has 3 aliphatic heterocycles. The molecule has 51 heavy (non-hydrogen) atoms. The molecule has 0 saturated carbocycles. The fourth-order valence-corrected chi connectivity index (χ4v) is 10.7. The lowest BCUT2D eigenvalue weighted by Gasteiger charge is -2.32. The molecule has 264 valence electrons. The average Bonchev–Trinajstić information content (AvgIpc) is 3.54. The maximum absolute atomic E-state index is 16.6. The molecule has 1 spiro atoms. The maximum atomic E-state index is 16.6. The van der Waals surface area contributed by atoms with Gasteiger partial charge in [0.25, 0.3) is 11.8 Å². The molecule has 0 bridgehead atoms. The van der Waals surface area contributed by atoms with Gasteiger partial charge >= 0.3 is 0 Å². The van der Waals surface area contributed by atoms with E-state index in [1.165, 1.54) is 0 Å². The van der Waals surface area contributed by atoms with Crippen LogP contribution in [0.5, 0.6) is 5.75 Å². The maximum Gasteiger partial charge on any atom is 0.269 e. The topological polar surface area (TPSA) is 99.6 Å². The van der Waals surface area contributed by atoms with Crippen LogP contribution in [0.1, 0.15) is 30.0 Å². The van der Waals surface area contributed by atoms with E-state index < -0.39 is 31.6 Å². The molecular formula is C40H42FN3O6Si. The number of aliphatic hydroxyl groups is 1. The van der Waals surface area contributed by atoms with E-state index in [-0.39, 0.29) is 57.0 Å². The summed E-state index contributed by atoms with van der Waals surface area (Å²) in [6, 6.07) is 31.8. The van der Waals surface area contributed by atoms with Crippen molar-refractivity contribution in [1.82, 2.24) is 4.90 Å². The SMILES string of the molecule is C[C@H]1[C@H]([Si](C)(C)F)[C@@H](CC(=O)N(CCO)Cc2ccccc2)O[C@]12C(=O)N(Cc1ccccc1)c1ccc(N3C(=O)COc4ccccc43)cc12. The van der Waals surface area contributed by atoms with E-state index in [0.29, 0.717) is 28.4 Å². The fraction of sp³-hybridized carbons (Fsp3) is 0.325. The molecule has 9 nitrogen and oxygen atoms in total. The number of aliphatic hydroxyl groups excluding tert-OH is 1. The van der Waals surface area contributed by atoms with Gasteiger partial charge in [-0.25, -0.2) is 0 Å². The number of fused-ring (bicyclic) bond motifs is 3. The monoisotopic (exact) mass is 707 g/mol. The average molecular weight is 708 g/mol. The molecule has 4 atom stereocenters. The summed E-state index contributed by atoms with van der Waals surface area (Å²) < 4.78 is 29.2. The Kier molecular flexibility index (Phi) is 9.30. The molecule has 0 radical (unpaired) electrons. The summed E-state index contributed by atoms with van der Waals surface area (Å²) in [6.45, 7) is 5.32. The second kappa shape index (κ2) is 13.7. The Hall–Kier alpha value is -4.84. The number of amides is 3. The first-order valence-electron chi connectivity index (χ1n) is 17.4. The second-order valence-electron chi connectivity index (χ2n) is 14.1. The van der Waals surface area contributed by atoms with Crippen LogP contribution in [0.2, 0.25) is 18.6 Å². The van der Waals surface area contributed by atoms with E-state index in [1.807, 2.05) is 97.9 Å². The molecule has 4 aromatic rings. The number of hydrogen-bond donors (Lipinski definition) is 1. The van der Waals surface area contributed by atoms with Crippen LogP contribution in [0.4, 0.5) is 21.2 Å². The van der Waals surface area contributed by atoms with Crippen LogP contribution in [0, 0.1) is 5.92 Å². The highest BCUT2D eigenvalue weighted by Gasteiger charge is 2.67. The number of hydrogen-bond acceptors (Lipinski definition) is 6. The summed E-state index contributed by atoms with van der Waals surface area (Å²) in [7, 11) is -3.59. The van der Waals surface area contributed by atoms with Crippen LogP contribution in [-0.4, -0.2) is 62.0 Å². The minimum absolute atomic E-state index is 0.104. The predicted molar refractivity (Wildman–Crippen MR) is 195 cm³/mol. The molecule has 3 heterocycles. The van der Waals surface area contributed by atoms with Gasteiger partial charge in [-0.05, 0) is 54.6 Å². The molecule has 0 unspecified atom stereocenters. The molecule has 7 rings (SSSR count). The van der Waals surface area contributed by atoms with E-state index >= 15 is 4.11 Å². The number of benzene rings is 4. The Labute approximate surface area is 298 Å². The van der Waals surface area contributed by atoms with Gasteiger partial charge in [-0.2, -0.15) is 0 Å². The lowest BCUT2D eigenvalue weighted by atomic mass is 9.82. The first-order chi connectivity index (χ1) is 24.5. The van der Waals surface area contributed by atoms with Crippen LogP contribution < -0.4 is 14.5 Å². The van der Waals surface area contributed by atoms with Crippen molar-refractivity contribution in [2.24, 2.45) is 5.92 Å². The van der Waals surface area contributed by atoms with Crippen molar-refractivity contribution in [1.29, 1.82) is 0 Å². The lowest BCUT2D eigenvalue weighted by molar-refractivity contribution is -0.150. The number of ether oxygens (including phenoxy) is 2. The van der Waals surface area contributed by atoms with Gasteiger partial charge in [0.1, 0.15) is 5.75 Å². The highest BCUT2D eigenvalue weighted by atomic mass is 28.4. The zero-order valence-electron chi connectivity index (χ0n) is 29.0. The van der Waals surface area contributed by atoms with Crippen molar-refractivity contribution < 1.29 is 33.1 Å². The zero-order valence-corrected chi connectivity index (χ0v) is 30.0. The summed E-state index contributed by atoms with van der Waals surface area (Å²) in [5.74, 6) is -0.964. The number of carbonyl (C=O) groups is 3. The molecule has 3 amide bonds. The molecule has 4 aromatic carbocycles. The van der Waals surface area contributed by atoms with Crippen LogP contribution in [0.3, 0.4) is 0 Å². The van der Waals surface area contributed by atoms with Crippen LogP contribution in [-0.2, 0) is 37.8 Å². The van der Waals surface area contributed by atoms with Crippen molar-refractivity contribution in [3.63, 3.8) is 0 Å². The molecule has 0 aliphatic carbocycles. The summed E-state index contributed by atoms with van der Waals surface area (Å²) >= 11 is 0. The van der Waals surface area contributed by atoms with Crippen LogP contribution >= 0.6 is 0 Å². The highest BCUT2D eigenvalue weighted by Crippen LogP contribution is 2.61. The van der Waals surface area contributed by atoms with Crippen molar-refractivity contribution in [3.8, 4) is 5.75 Å². The van der Waals surface area contributed by atoms with Crippen molar-refractivity contribution in [2.45, 2.75) is 56.8 Å². The van der Waals surface area contributed by atoms with Crippen molar-refractivity contribution in [3.05, 3.63) is 120 Å². The van der Waals surface area contributed by atoms with Crippen molar-refractivity contribution >= 4 is 43.2 Å². The molecule has 1 saturated heterocycles. The Balaban J connectivity index is 1.31. The Bertz CT molecular complexity index is 1940.